The standard InChI is InChI=1S/C15H20ClNO/c1-12-3-2-9-17(10-8-12)11-15(18)13-4-6-14(16)7-5-13/h4-7,12H,2-3,8-11H2,1H3. The van der Waals surface area contributed by atoms with Gasteiger partial charge in [-0.15, -0.1) is 0 Å². The summed E-state index contributed by atoms with van der Waals surface area (Å²) >= 11 is 5.82. The zero-order chi connectivity index (χ0) is 13.0. The van der Waals surface area contributed by atoms with Gasteiger partial charge in [-0.1, -0.05) is 18.5 Å². The molecule has 98 valence electrons. The van der Waals surface area contributed by atoms with Crippen molar-refractivity contribution in [1.82, 2.24) is 4.90 Å². The number of halogens is 1. The van der Waals surface area contributed by atoms with Gasteiger partial charge in [0.15, 0.2) is 5.78 Å². The molecule has 0 radical (unpaired) electrons. The van der Waals surface area contributed by atoms with Crippen LogP contribution < -0.4 is 0 Å². The lowest BCUT2D eigenvalue weighted by atomic mass is 10.0. The van der Waals surface area contributed by atoms with Gasteiger partial charge in [-0.25, -0.2) is 0 Å². The van der Waals surface area contributed by atoms with E-state index in [9.17, 15) is 4.79 Å². The average Bonchev–Trinajstić information content (AvgIpc) is 2.55. The van der Waals surface area contributed by atoms with E-state index in [1.165, 1.54) is 19.3 Å². The Hall–Kier alpha value is -0.860. The van der Waals surface area contributed by atoms with Crippen LogP contribution in [0, 0.1) is 5.92 Å². The van der Waals surface area contributed by atoms with Gasteiger partial charge in [0, 0.05) is 10.6 Å². The van der Waals surface area contributed by atoms with Crippen LogP contribution in [0.2, 0.25) is 5.02 Å². The monoisotopic (exact) mass is 265 g/mol. The summed E-state index contributed by atoms with van der Waals surface area (Å²) in [7, 11) is 0. The summed E-state index contributed by atoms with van der Waals surface area (Å²) in [6.07, 6.45) is 3.69. The lowest BCUT2D eigenvalue weighted by molar-refractivity contribution is 0.0932. The molecule has 2 nitrogen and oxygen atoms in total. The van der Waals surface area contributed by atoms with E-state index in [4.69, 9.17) is 11.6 Å². The maximum absolute atomic E-state index is 12.1. The molecule has 0 saturated carbocycles. The van der Waals surface area contributed by atoms with Gasteiger partial charge in [0.1, 0.15) is 0 Å². The lowest BCUT2D eigenvalue weighted by Gasteiger charge is -2.18. The van der Waals surface area contributed by atoms with Crippen molar-refractivity contribution in [2.45, 2.75) is 26.2 Å². The predicted molar refractivity (Wildman–Crippen MR) is 75.2 cm³/mol. The third-order valence-corrected chi connectivity index (χ3v) is 3.89. The number of nitrogens with zero attached hydrogens (tertiary/aromatic N) is 1. The van der Waals surface area contributed by atoms with Gasteiger partial charge in [0.25, 0.3) is 0 Å². The van der Waals surface area contributed by atoms with Gasteiger partial charge in [-0.3, -0.25) is 9.69 Å². The molecular weight excluding hydrogens is 246 g/mol. The van der Waals surface area contributed by atoms with Gasteiger partial charge in [-0.2, -0.15) is 0 Å². The molecule has 0 aliphatic carbocycles. The highest BCUT2D eigenvalue weighted by molar-refractivity contribution is 6.30. The Kier molecular flexibility index (Phi) is 4.79. The molecular formula is C15H20ClNO. The summed E-state index contributed by atoms with van der Waals surface area (Å²) in [6, 6.07) is 7.18. The molecule has 3 heteroatoms. The van der Waals surface area contributed by atoms with E-state index in [1.807, 2.05) is 12.1 Å². The highest BCUT2D eigenvalue weighted by atomic mass is 35.5. The second-order valence-corrected chi connectivity index (χ2v) is 5.68. The Morgan fingerprint density at radius 2 is 2.00 bits per heavy atom. The van der Waals surface area contributed by atoms with Crippen molar-refractivity contribution in [3.63, 3.8) is 0 Å². The third kappa shape index (κ3) is 3.82. The van der Waals surface area contributed by atoms with Crippen LogP contribution in [0.15, 0.2) is 24.3 Å². The van der Waals surface area contributed by atoms with Gasteiger partial charge >= 0.3 is 0 Å². The number of rotatable bonds is 3. The van der Waals surface area contributed by atoms with E-state index in [2.05, 4.69) is 11.8 Å². The fourth-order valence-electron chi connectivity index (χ4n) is 2.41. The fraction of sp³-hybridized carbons (Fsp3) is 0.533. The third-order valence-electron chi connectivity index (χ3n) is 3.64. The van der Waals surface area contributed by atoms with Gasteiger partial charge in [0.2, 0.25) is 0 Å². The molecule has 0 bridgehead atoms. The quantitative estimate of drug-likeness (QED) is 0.778. The van der Waals surface area contributed by atoms with Crippen LogP contribution in [0.4, 0.5) is 0 Å². The van der Waals surface area contributed by atoms with Gasteiger partial charge in [-0.05, 0) is 62.5 Å². The van der Waals surface area contributed by atoms with E-state index in [-0.39, 0.29) is 5.78 Å². The molecule has 1 fully saturated rings. The second-order valence-electron chi connectivity index (χ2n) is 5.24. The minimum absolute atomic E-state index is 0.196. The molecule has 1 aliphatic rings. The molecule has 0 N–H and O–H groups in total. The van der Waals surface area contributed by atoms with Crippen LogP contribution in [0.1, 0.15) is 36.5 Å². The van der Waals surface area contributed by atoms with Crippen molar-refractivity contribution in [2.24, 2.45) is 5.92 Å². The molecule has 0 spiro atoms. The molecule has 1 heterocycles. The number of benzene rings is 1. The number of hydrogen-bond donors (Lipinski definition) is 0. The van der Waals surface area contributed by atoms with Crippen LogP contribution in [0.5, 0.6) is 0 Å². The predicted octanol–water partition coefficient (Wildman–Crippen LogP) is 3.64. The van der Waals surface area contributed by atoms with Crippen LogP contribution in [-0.2, 0) is 0 Å². The van der Waals surface area contributed by atoms with Crippen molar-refractivity contribution in [1.29, 1.82) is 0 Å². The summed E-state index contributed by atoms with van der Waals surface area (Å²) in [5.74, 6) is 0.988. The molecule has 18 heavy (non-hydrogen) atoms. The first-order chi connectivity index (χ1) is 8.65. The summed E-state index contributed by atoms with van der Waals surface area (Å²) in [5.41, 5.74) is 0.761. The molecule has 1 aromatic carbocycles. The number of carbonyl (C=O) groups excluding carboxylic acids is 1. The summed E-state index contributed by atoms with van der Waals surface area (Å²) < 4.78 is 0. The molecule has 1 atom stereocenters. The summed E-state index contributed by atoms with van der Waals surface area (Å²) in [6.45, 7) is 4.92. The largest absolute Gasteiger partial charge is 0.296 e. The molecule has 1 unspecified atom stereocenters. The van der Waals surface area contributed by atoms with Crippen LogP contribution >= 0.6 is 11.6 Å². The average molecular weight is 266 g/mol. The smallest absolute Gasteiger partial charge is 0.176 e. The molecule has 1 aromatic rings. The minimum Gasteiger partial charge on any atom is -0.296 e. The highest BCUT2D eigenvalue weighted by Crippen LogP contribution is 2.17. The van der Waals surface area contributed by atoms with Crippen molar-refractivity contribution < 1.29 is 4.79 Å². The first-order valence-corrected chi connectivity index (χ1v) is 7.04. The van der Waals surface area contributed by atoms with Crippen LogP contribution in [0.3, 0.4) is 0 Å². The number of hydrogen-bond acceptors (Lipinski definition) is 2. The number of carbonyl (C=O) groups is 1. The zero-order valence-electron chi connectivity index (χ0n) is 10.9. The fourth-order valence-corrected chi connectivity index (χ4v) is 2.54. The van der Waals surface area contributed by atoms with E-state index >= 15 is 0 Å². The van der Waals surface area contributed by atoms with E-state index in [1.54, 1.807) is 12.1 Å². The molecule has 0 amide bonds. The number of ketones is 1. The van der Waals surface area contributed by atoms with Crippen LogP contribution in [0.25, 0.3) is 0 Å². The Morgan fingerprint density at radius 3 is 2.72 bits per heavy atom. The first-order valence-electron chi connectivity index (χ1n) is 6.66. The second kappa shape index (κ2) is 6.35. The molecule has 0 aromatic heterocycles. The van der Waals surface area contributed by atoms with E-state index in [0.717, 1.165) is 24.6 Å². The van der Waals surface area contributed by atoms with Crippen LogP contribution in [-0.4, -0.2) is 30.3 Å². The summed E-state index contributed by atoms with van der Waals surface area (Å²) in [5, 5.41) is 0.676. The van der Waals surface area contributed by atoms with E-state index in [0.29, 0.717) is 11.6 Å². The van der Waals surface area contributed by atoms with Crippen molar-refractivity contribution in [3.8, 4) is 0 Å². The number of likely N-dealkylation sites (tertiary alicyclic amines) is 1. The maximum atomic E-state index is 12.1. The number of Topliss-reactive ketones (excluding diaryl/α,β-unsaturated/α-hetero) is 1. The van der Waals surface area contributed by atoms with Gasteiger partial charge in [0.05, 0.1) is 6.54 Å². The Balaban J connectivity index is 1.92. The lowest BCUT2D eigenvalue weighted by Crippen LogP contribution is -2.30. The van der Waals surface area contributed by atoms with Crippen molar-refractivity contribution >= 4 is 17.4 Å². The van der Waals surface area contributed by atoms with Gasteiger partial charge < -0.3 is 0 Å². The maximum Gasteiger partial charge on any atom is 0.176 e. The SMILES string of the molecule is CC1CCCN(CC(=O)c2ccc(Cl)cc2)CC1. The van der Waals surface area contributed by atoms with Crippen molar-refractivity contribution in [3.05, 3.63) is 34.9 Å². The normalized spacial score (nSPS) is 21.6. The summed E-state index contributed by atoms with van der Waals surface area (Å²) in [4.78, 5) is 14.4. The molecule has 2 rings (SSSR count). The Labute approximate surface area is 114 Å². The molecule has 1 saturated heterocycles. The minimum atomic E-state index is 0.196. The zero-order valence-corrected chi connectivity index (χ0v) is 11.6. The highest BCUT2D eigenvalue weighted by Gasteiger charge is 2.16. The Morgan fingerprint density at radius 1 is 1.28 bits per heavy atom. The topological polar surface area (TPSA) is 20.3 Å². The van der Waals surface area contributed by atoms with Crippen molar-refractivity contribution in [2.75, 3.05) is 19.6 Å². The van der Waals surface area contributed by atoms with E-state index < -0.39 is 0 Å². The first kappa shape index (κ1) is 13.6. The Bertz CT molecular complexity index is 401. The molecule has 1 aliphatic heterocycles.